The van der Waals surface area contributed by atoms with Crippen LogP contribution >= 0.6 is 0 Å². The van der Waals surface area contributed by atoms with Gasteiger partial charge in [-0.2, -0.15) is 13.2 Å². The van der Waals surface area contributed by atoms with Crippen molar-refractivity contribution in [2.75, 3.05) is 17.2 Å². The zero-order valence-electron chi connectivity index (χ0n) is 9.27. The molecule has 7 heteroatoms. The standard InChI is InChI=1S/C11H11F5N2/c12-8-3-6(17)4-9(13)10(8)18(7-1-2-7)5-11(14,15)16/h3-4,7H,1-2,5,17H2. The first-order valence-corrected chi connectivity index (χ1v) is 5.36. The van der Waals surface area contributed by atoms with Gasteiger partial charge in [0.25, 0.3) is 0 Å². The Labute approximate surface area is 100 Å². The number of hydrogen-bond acceptors (Lipinski definition) is 2. The molecule has 100 valence electrons. The van der Waals surface area contributed by atoms with Crippen molar-refractivity contribution in [2.45, 2.75) is 25.1 Å². The van der Waals surface area contributed by atoms with Crippen LogP contribution < -0.4 is 10.6 Å². The topological polar surface area (TPSA) is 29.3 Å². The average molecular weight is 266 g/mol. The summed E-state index contributed by atoms with van der Waals surface area (Å²) in [5.41, 5.74) is 4.42. The molecule has 0 radical (unpaired) electrons. The van der Waals surface area contributed by atoms with E-state index in [1.807, 2.05) is 0 Å². The number of nitrogen functional groups attached to an aromatic ring is 1. The molecular formula is C11H11F5N2. The molecular weight excluding hydrogens is 255 g/mol. The first-order chi connectivity index (χ1) is 8.28. The van der Waals surface area contributed by atoms with Gasteiger partial charge in [-0.3, -0.25) is 0 Å². The smallest absolute Gasteiger partial charge is 0.399 e. The fourth-order valence-corrected chi connectivity index (χ4v) is 1.83. The second-order valence-corrected chi connectivity index (χ2v) is 4.31. The molecule has 2 N–H and O–H groups in total. The van der Waals surface area contributed by atoms with Crippen molar-refractivity contribution in [1.82, 2.24) is 0 Å². The molecule has 0 atom stereocenters. The lowest BCUT2D eigenvalue weighted by Crippen LogP contribution is -2.37. The van der Waals surface area contributed by atoms with Gasteiger partial charge in [-0.1, -0.05) is 0 Å². The SMILES string of the molecule is Nc1cc(F)c(N(CC(F)(F)F)C2CC2)c(F)c1. The minimum Gasteiger partial charge on any atom is -0.399 e. The molecule has 0 aromatic heterocycles. The highest BCUT2D eigenvalue weighted by atomic mass is 19.4. The van der Waals surface area contributed by atoms with Crippen LogP contribution in [0.5, 0.6) is 0 Å². The predicted molar refractivity (Wildman–Crippen MR) is 57.2 cm³/mol. The maximum absolute atomic E-state index is 13.6. The van der Waals surface area contributed by atoms with E-state index in [1.54, 1.807) is 0 Å². The van der Waals surface area contributed by atoms with E-state index in [2.05, 4.69) is 0 Å². The van der Waals surface area contributed by atoms with Gasteiger partial charge in [0.2, 0.25) is 0 Å². The Hall–Kier alpha value is -1.53. The van der Waals surface area contributed by atoms with Crippen molar-refractivity contribution in [3.8, 4) is 0 Å². The highest BCUT2D eigenvalue weighted by Crippen LogP contribution is 2.37. The Morgan fingerprint density at radius 2 is 1.67 bits per heavy atom. The zero-order valence-corrected chi connectivity index (χ0v) is 9.27. The summed E-state index contributed by atoms with van der Waals surface area (Å²) in [6.45, 7) is -1.37. The van der Waals surface area contributed by atoms with Gasteiger partial charge in [0.05, 0.1) is 0 Å². The maximum Gasteiger partial charge on any atom is 0.405 e. The van der Waals surface area contributed by atoms with Crippen LogP contribution in [0.1, 0.15) is 12.8 Å². The molecule has 2 rings (SSSR count). The quantitative estimate of drug-likeness (QED) is 0.673. The number of rotatable bonds is 3. The second kappa shape index (κ2) is 4.29. The largest absolute Gasteiger partial charge is 0.405 e. The lowest BCUT2D eigenvalue weighted by atomic mass is 10.2. The van der Waals surface area contributed by atoms with Crippen molar-refractivity contribution in [3.63, 3.8) is 0 Å². The summed E-state index contributed by atoms with van der Waals surface area (Å²) in [6.07, 6.45) is -3.51. The van der Waals surface area contributed by atoms with E-state index in [0.29, 0.717) is 12.8 Å². The van der Waals surface area contributed by atoms with Crippen molar-refractivity contribution in [2.24, 2.45) is 0 Å². The Morgan fingerprint density at radius 1 is 1.17 bits per heavy atom. The second-order valence-electron chi connectivity index (χ2n) is 4.31. The van der Waals surface area contributed by atoms with Gasteiger partial charge in [0.1, 0.15) is 12.2 Å². The fraction of sp³-hybridized carbons (Fsp3) is 0.455. The molecule has 1 aliphatic rings. The Balaban J connectivity index is 2.37. The van der Waals surface area contributed by atoms with Gasteiger partial charge >= 0.3 is 6.18 Å². The molecule has 2 nitrogen and oxygen atoms in total. The molecule has 0 unspecified atom stereocenters. The monoisotopic (exact) mass is 266 g/mol. The van der Waals surface area contributed by atoms with Gasteiger partial charge in [0, 0.05) is 11.7 Å². The Bertz CT molecular complexity index is 430. The molecule has 1 fully saturated rings. The number of halogens is 5. The first-order valence-electron chi connectivity index (χ1n) is 5.36. The van der Waals surface area contributed by atoms with E-state index in [0.717, 1.165) is 17.0 Å². The molecule has 1 aromatic rings. The highest BCUT2D eigenvalue weighted by Gasteiger charge is 2.40. The predicted octanol–water partition coefficient (Wildman–Crippen LogP) is 3.08. The minimum atomic E-state index is -4.51. The lowest BCUT2D eigenvalue weighted by Gasteiger charge is -2.26. The number of hydrogen-bond donors (Lipinski definition) is 1. The van der Waals surface area contributed by atoms with Crippen LogP contribution in [0.2, 0.25) is 0 Å². The minimum absolute atomic E-state index is 0.156. The van der Waals surface area contributed by atoms with E-state index in [9.17, 15) is 22.0 Å². The van der Waals surface area contributed by atoms with E-state index >= 15 is 0 Å². The molecule has 1 saturated carbocycles. The number of nitrogens with two attached hydrogens (primary N) is 1. The number of alkyl halides is 3. The summed E-state index contributed by atoms with van der Waals surface area (Å²) < 4.78 is 64.4. The van der Waals surface area contributed by atoms with E-state index < -0.39 is 36.1 Å². The zero-order chi connectivity index (χ0) is 13.5. The molecule has 0 amide bonds. The van der Waals surface area contributed by atoms with Gasteiger partial charge in [-0.15, -0.1) is 0 Å². The molecule has 0 spiro atoms. The molecule has 0 heterocycles. The summed E-state index contributed by atoms with van der Waals surface area (Å²) in [7, 11) is 0. The molecule has 0 aliphatic heterocycles. The highest BCUT2D eigenvalue weighted by molar-refractivity contribution is 5.57. The Morgan fingerprint density at radius 3 is 2.06 bits per heavy atom. The summed E-state index contributed by atoms with van der Waals surface area (Å²) in [5.74, 6) is -2.13. The normalized spacial score (nSPS) is 15.8. The van der Waals surface area contributed by atoms with Crippen molar-refractivity contribution < 1.29 is 22.0 Å². The summed E-state index contributed by atoms with van der Waals surface area (Å²) in [5, 5.41) is 0. The van der Waals surface area contributed by atoms with Gasteiger partial charge in [-0.25, -0.2) is 8.78 Å². The number of nitrogens with zero attached hydrogens (tertiary/aromatic N) is 1. The lowest BCUT2D eigenvalue weighted by molar-refractivity contribution is -0.120. The van der Waals surface area contributed by atoms with Crippen molar-refractivity contribution in [3.05, 3.63) is 23.8 Å². The number of benzene rings is 1. The van der Waals surface area contributed by atoms with Gasteiger partial charge in [0.15, 0.2) is 11.6 Å². The van der Waals surface area contributed by atoms with E-state index in [1.165, 1.54) is 0 Å². The molecule has 0 bridgehead atoms. The molecule has 1 aromatic carbocycles. The third kappa shape index (κ3) is 2.83. The summed E-state index contributed by atoms with van der Waals surface area (Å²) >= 11 is 0. The molecule has 1 aliphatic carbocycles. The van der Waals surface area contributed by atoms with Crippen LogP contribution in [-0.2, 0) is 0 Å². The van der Waals surface area contributed by atoms with Crippen LogP contribution in [0, 0.1) is 11.6 Å². The average Bonchev–Trinajstić information content (AvgIpc) is 2.94. The summed E-state index contributed by atoms with van der Waals surface area (Å²) in [6, 6.07) is 1.19. The van der Waals surface area contributed by atoms with Crippen LogP contribution in [0.3, 0.4) is 0 Å². The van der Waals surface area contributed by atoms with Crippen molar-refractivity contribution >= 4 is 11.4 Å². The number of anilines is 2. The molecule has 18 heavy (non-hydrogen) atoms. The molecule has 0 saturated heterocycles. The van der Waals surface area contributed by atoms with Crippen LogP contribution in [0.25, 0.3) is 0 Å². The van der Waals surface area contributed by atoms with Crippen molar-refractivity contribution in [1.29, 1.82) is 0 Å². The first kappa shape index (κ1) is 12.9. The third-order valence-corrected chi connectivity index (χ3v) is 2.66. The fourth-order valence-electron chi connectivity index (χ4n) is 1.83. The van der Waals surface area contributed by atoms with Crippen LogP contribution in [0.15, 0.2) is 12.1 Å². The van der Waals surface area contributed by atoms with Gasteiger partial charge in [-0.05, 0) is 25.0 Å². The third-order valence-electron chi connectivity index (χ3n) is 2.66. The van der Waals surface area contributed by atoms with Gasteiger partial charge < -0.3 is 10.6 Å². The van der Waals surface area contributed by atoms with E-state index in [4.69, 9.17) is 5.73 Å². The summed E-state index contributed by atoms with van der Waals surface area (Å²) in [4.78, 5) is 0.726. The van der Waals surface area contributed by atoms with Crippen LogP contribution in [0.4, 0.5) is 33.3 Å². The maximum atomic E-state index is 13.6. The van der Waals surface area contributed by atoms with E-state index in [-0.39, 0.29) is 5.69 Å². The van der Waals surface area contributed by atoms with Crippen LogP contribution in [-0.4, -0.2) is 18.8 Å². The Kier molecular flexibility index (Phi) is 3.08.